The van der Waals surface area contributed by atoms with Crippen molar-refractivity contribution in [2.75, 3.05) is 12.4 Å². The molecule has 3 aromatic rings. The van der Waals surface area contributed by atoms with E-state index in [1.165, 1.54) is 9.79 Å². The van der Waals surface area contributed by atoms with Gasteiger partial charge in [0.15, 0.2) is 5.69 Å². The third kappa shape index (κ3) is 4.81. The van der Waals surface area contributed by atoms with E-state index >= 15 is 0 Å². The maximum atomic E-state index is 11.4. The van der Waals surface area contributed by atoms with E-state index in [0.717, 1.165) is 5.56 Å². The van der Waals surface area contributed by atoms with E-state index in [1.54, 1.807) is 30.9 Å². The van der Waals surface area contributed by atoms with Crippen LogP contribution >= 0.6 is 11.8 Å². The summed E-state index contributed by atoms with van der Waals surface area (Å²) in [6.07, 6.45) is 0. The van der Waals surface area contributed by atoms with Crippen LogP contribution in [-0.2, 0) is 6.54 Å². The molecule has 0 aliphatic rings. The fraction of sp³-hybridized carbons (Fsp3) is 0.105. The quantitative estimate of drug-likeness (QED) is 0.711. The van der Waals surface area contributed by atoms with E-state index in [2.05, 4.69) is 57.2 Å². The van der Waals surface area contributed by atoms with Gasteiger partial charge in [-0.3, -0.25) is 4.79 Å². The molecule has 3 rings (SSSR count). The number of nitrogens with zero attached hydrogens (tertiary/aromatic N) is 2. The van der Waals surface area contributed by atoms with Gasteiger partial charge in [-0.05, 0) is 42.0 Å². The zero-order chi connectivity index (χ0) is 17.5. The molecular formula is C19H18N4OS. The molecule has 0 spiro atoms. The number of aromatic nitrogens is 2. The fourth-order valence-corrected chi connectivity index (χ4v) is 3.01. The monoisotopic (exact) mass is 350 g/mol. The number of carbonyl (C=O) groups excluding carboxylic acids is 1. The number of anilines is 1. The number of carbonyl (C=O) groups is 1. The van der Waals surface area contributed by atoms with Crippen molar-refractivity contribution in [1.82, 2.24) is 15.5 Å². The van der Waals surface area contributed by atoms with Crippen LogP contribution in [0.1, 0.15) is 16.1 Å². The second kappa shape index (κ2) is 8.30. The van der Waals surface area contributed by atoms with Gasteiger partial charge in [-0.15, -0.1) is 10.2 Å². The summed E-state index contributed by atoms with van der Waals surface area (Å²) in [6, 6.07) is 22.1. The third-order valence-electron chi connectivity index (χ3n) is 3.50. The molecule has 0 radical (unpaired) electrons. The molecule has 0 saturated heterocycles. The first-order valence-electron chi connectivity index (χ1n) is 7.86. The number of rotatable bonds is 6. The Morgan fingerprint density at radius 2 is 1.64 bits per heavy atom. The predicted molar refractivity (Wildman–Crippen MR) is 99.8 cm³/mol. The summed E-state index contributed by atoms with van der Waals surface area (Å²) >= 11 is 1.74. The lowest BCUT2D eigenvalue weighted by Gasteiger charge is -2.07. The Morgan fingerprint density at radius 1 is 0.920 bits per heavy atom. The van der Waals surface area contributed by atoms with Gasteiger partial charge >= 0.3 is 0 Å². The molecule has 2 N–H and O–H groups in total. The van der Waals surface area contributed by atoms with Crippen molar-refractivity contribution in [3.05, 3.63) is 78.0 Å². The first-order chi connectivity index (χ1) is 12.2. The maximum absolute atomic E-state index is 11.4. The van der Waals surface area contributed by atoms with Crippen molar-refractivity contribution >= 4 is 23.5 Å². The van der Waals surface area contributed by atoms with Crippen LogP contribution in [0.15, 0.2) is 76.5 Å². The molecule has 0 bridgehead atoms. The van der Waals surface area contributed by atoms with Crippen LogP contribution < -0.4 is 10.6 Å². The molecule has 6 heteroatoms. The van der Waals surface area contributed by atoms with E-state index in [0.29, 0.717) is 18.1 Å². The summed E-state index contributed by atoms with van der Waals surface area (Å²) in [7, 11) is 1.57. The Balaban J connectivity index is 1.56. The summed E-state index contributed by atoms with van der Waals surface area (Å²) in [5, 5.41) is 13.6. The van der Waals surface area contributed by atoms with Crippen LogP contribution in [0.2, 0.25) is 0 Å². The van der Waals surface area contributed by atoms with Crippen molar-refractivity contribution in [2.24, 2.45) is 0 Å². The highest BCUT2D eigenvalue weighted by Crippen LogP contribution is 2.27. The number of amides is 1. The minimum atomic E-state index is -0.245. The van der Waals surface area contributed by atoms with Crippen LogP contribution in [0.3, 0.4) is 0 Å². The van der Waals surface area contributed by atoms with Crippen molar-refractivity contribution in [3.63, 3.8) is 0 Å². The lowest BCUT2D eigenvalue weighted by atomic mass is 10.2. The minimum Gasteiger partial charge on any atom is -0.365 e. The second-order valence-electron chi connectivity index (χ2n) is 5.30. The molecule has 0 saturated carbocycles. The van der Waals surface area contributed by atoms with Crippen LogP contribution in [0.4, 0.5) is 5.82 Å². The van der Waals surface area contributed by atoms with Gasteiger partial charge < -0.3 is 10.6 Å². The maximum Gasteiger partial charge on any atom is 0.271 e. The molecule has 1 amide bonds. The van der Waals surface area contributed by atoms with Gasteiger partial charge in [0, 0.05) is 23.4 Å². The van der Waals surface area contributed by atoms with Gasteiger partial charge in [0.05, 0.1) is 0 Å². The average molecular weight is 350 g/mol. The second-order valence-corrected chi connectivity index (χ2v) is 6.44. The van der Waals surface area contributed by atoms with Crippen LogP contribution in [0, 0.1) is 0 Å². The summed E-state index contributed by atoms with van der Waals surface area (Å²) < 4.78 is 0. The molecule has 0 unspecified atom stereocenters. The van der Waals surface area contributed by atoms with E-state index in [4.69, 9.17) is 0 Å². The zero-order valence-corrected chi connectivity index (χ0v) is 14.6. The minimum absolute atomic E-state index is 0.245. The van der Waals surface area contributed by atoms with Crippen LogP contribution in [-0.4, -0.2) is 23.2 Å². The average Bonchev–Trinajstić information content (AvgIpc) is 2.68. The van der Waals surface area contributed by atoms with Crippen molar-refractivity contribution in [2.45, 2.75) is 16.3 Å². The molecule has 0 atom stereocenters. The molecule has 126 valence electrons. The number of nitrogens with one attached hydrogen (secondary N) is 2. The highest BCUT2D eigenvalue weighted by Gasteiger charge is 2.05. The Bertz CT molecular complexity index is 820. The molecule has 5 nitrogen and oxygen atoms in total. The third-order valence-corrected chi connectivity index (χ3v) is 4.52. The smallest absolute Gasteiger partial charge is 0.271 e. The van der Waals surface area contributed by atoms with Crippen LogP contribution in [0.25, 0.3) is 0 Å². The van der Waals surface area contributed by atoms with Gasteiger partial charge in [-0.25, -0.2) is 0 Å². The topological polar surface area (TPSA) is 66.9 Å². The van der Waals surface area contributed by atoms with Gasteiger partial charge in [0.1, 0.15) is 5.82 Å². The SMILES string of the molecule is CNC(=O)c1ccc(NCc2ccc(Sc3ccccc3)cc2)nn1. The van der Waals surface area contributed by atoms with Crippen LogP contribution in [0.5, 0.6) is 0 Å². The predicted octanol–water partition coefficient (Wildman–Crippen LogP) is 3.60. The lowest BCUT2D eigenvalue weighted by molar-refractivity contribution is 0.0957. The first kappa shape index (κ1) is 17.0. The Morgan fingerprint density at radius 3 is 2.28 bits per heavy atom. The summed E-state index contributed by atoms with van der Waals surface area (Å²) in [6.45, 7) is 0.643. The molecule has 2 aromatic carbocycles. The number of hydrogen-bond donors (Lipinski definition) is 2. The molecule has 1 aromatic heterocycles. The Labute approximate surface area is 150 Å². The van der Waals surface area contributed by atoms with E-state index in [1.807, 2.05) is 18.2 Å². The highest BCUT2D eigenvalue weighted by molar-refractivity contribution is 7.99. The summed E-state index contributed by atoms with van der Waals surface area (Å²) in [5.74, 6) is 0.390. The summed E-state index contributed by atoms with van der Waals surface area (Å²) in [4.78, 5) is 13.9. The van der Waals surface area contributed by atoms with Crippen molar-refractivity contribution < 1.29 is 4.79 Å². The number of hydrogen-bond acceptors (Lipinski definition) is 5. The molecule has 1 heterocycles. The molecule has 0 fully saturated rings. The van der Waals surface area contributed by atoms with E-state index in [9.17, 15) is 4.79 Å². The molecular weight excluding hydrogens is 332 g/mol. The van der Waals surface area contributed by atoms with Crippen molar-refractivity contribution in [3.8, 4) is 0 Å². The number of benzene rings is 2. The van der Waals surface area contributed by atoms with Gasteiger partial charge in [0.2, 0.25) is 0 Å². The fourth-order valence-electron chi connectivity index (χ4n) is 2.17. The van der Waals surface area contributed by atoms with E-state index < -0.39 is 0 Å². The van der Waals surface area contributed by atoms with E-state index in [-0.39, 0.29) is 5.91 Å². The van der Waals surface area contributed by atoms with Gasteiger partial charge in [-0.1, -0.05) is 42.1 Å². The van der Waals surface area contributed by atoms with Gasteiger partial charge in [-0.2, -0.15) is 0 Å². The molecule has 0 aliphatic carbocycles. The largest absolute Gasteiger partial charge is 0.365 e. The zero-order valence-electron chi connectivity index (χ0n) is 13.8. The highest BCUT2D eigenvalue weighted by atomic mass is 32.2. The summed E-state index contributed by atoms with van der Waals surface area (Å²) in [5.41, 5.74) is 1.45. The first-order valence-corrected chi connectivity index (χ1v) is 8.68. The normalized spacial score (nSPS) is 10.3. The van der Waals surface area contributed by atoms with Crippen molar-refractivity contribution in [1.29, 1.82) is 0 Å². The Kier molecular flexibility index (Phi) is 5.64. The molecule has 25 heavy (non-hydrogen) atoms. The Hall–Kier alpha value is -2.86. The lowest BCUT2D eigenvalue weighted by Crippen LogP contribution is -2.19. The molecule has 0 aliphatic heterocycles. The standard InChI is InChI=1S/C19H18N4OS/c1-20-19(24)17-11-12-18(23-22-17)21-13-14-7-9-16(10-8-14)25-15-5-3-2-4-6-15/h2-12H,13H2,1H3,(H,20,24)(H,21,23). The van der Waals surface area contributed by atoms with Gasteiger partial charge in [0.25, 0.3) is 5.91 Å².